The highest BCUT2D eigenvalue weighted by Gasteiger charge is 2.18. The predicted molar refractivity (Wildman–Crippen MR) is 57.7 cm³/mol. The molecule has 6 nitrogen and oxygen atoms in total. The first-order valence-corrected chi connectivity index (χ1v) is 5.80. The van der Waals surface area contributed by atoms with E-state index in [1.807, 2.05) is 0 Å². The van der Waals surface area contributed by atoms with Crippen LogP contribution in [0.15, 0.2) is 16.4 Å². The van der Waals surface area contributed by atoms with Crippen molar-refractivity contribution >= 4 is 16.9 Å². The molecule has 0 aliphatic carbocycles. The Morgan fingerprint density at radius 3 is 2.94 bits per heavy atom. The molecule has 1 atom stereocenters. The third-order valence-corrected chi connectivity index (χ3v) is 3.18. The number of rotatable bonds is 3. The van der Waals surface area contributed by atoms with Gasteiger partial charge in [-0.25, -0.2) is 0 Å². The summed E-state index contributed by atoms with van der Waals surface area (Å²) < 4.78 is 11.6. The highest BCUT2D eigenvalue weighted by atomic mass is 32.2. The molecule has 0 amide bonds. The molecule has 0 spiro atoms. The molecule has 0 fully saturated rings. The van der Waals surface area contributed by atoms with Gasteiger partial charge in [0, 0.05) is 11.2 Å². The van der Waals surface area contributed by atoms with Gasteiger partial charge >= 0.3 is 0 Å². The Balaban J connectivity index is 3.23. The van der Waals surface area contributed by atoms with Gasteiger partial charge in [-0.1, -0.05) is 5.16 Å². The molecule has 7 heteroatoms. The van der Waals surface area contributed by atoms with Gasteiger partial charge in [-0.15, -0.1) is 0 Å². The molecule has 0 bridgehead atoms. The molecule has 1 aromatic rings. The van der Waals surface area contributed by atoms with Gasteiger partial charge in [-0.3, -0.25) is 4.98 Å². The molecular formula is C9H10N4O2S. The van der Waals surface area contributed by atoms with Crippen LogP contribution in [-0.2, 0) is 11.2 Å². The molecule has 0 saturated heterocycles. The number of hydrogen-bond acceptors (Lipinski definition) is 6. The molecule has 0 aromatic carbocycles. The van der Waals surface area contributed by atoms with Gasteiger partial charge in [0.25, 0.3) is 5.03 Å². The van der Waals surface area contributed by atoms with Gasteiger partial charge in [-0.05, 0) is 13.8 Å². The average molecular weight is 238 g/mol. The van der Waals surface area contributed by atoms with Crippen molar-refractivity contribution in [3.63, 3.8) is 0 Å². The molecule has 1 aromatic heterocycles. The lowest BCUT2D eigenvalue weighted by Gasteiger charge is -2.08. The third-order valence-electron chi connectivity index (χ3n) is 1.84. The molecule has 0 saturated carbocycles. The van der Waals surface area contributed by atoms with E-state index in [0.29, 0.717) is 16.5 Å². The van der Waals surface area contributed by atoms with E-state index in [-0.39, 0.29) is 11.4 Å². The van der Waals surface area contributed by atoms with E-state index in [4.69, 9.17) is 10.5 Å². The largest absolute Gasteiger partial charge is 0.610 e. The van der Waals surface area contributed by atoms with Crippen molar-refractivity contribution in [2.75, 3.05) is 5.75 Å². The maximum Gasteiger partial charge on any atom is 0.266 e. The Bertz CT molecular complexity index is 455. The molecule has 1 N–H and O–H groups in total. The van der Waals surface area contributed by atoms with Crippen molar-refractivity contribution in [1.29, 1.82) is 5.26 Å². The zero-order chi connectivity index (χ0) is 12.1. The summed E-state index contributed by atoms with van der Waals surface area (Å²) in [5.41, 5.74) is 0.411. The van der Waals surface area contributed by atoms with Crippen molar-refractivity contribution in [1.82, 2.24) is 9.97 Å². The molecule has 0 aliphatic heterocycles. The number of oxime groups is 1. The lowest BCUT2D eigenvalue weighted by atomic mass is 10.3. The standard InChI is InChI=1S/C9H10N4O2S/c1-3-16(15)9-6(2)11-5-8(12-9)7(4-10)13-14/h5,14H,3H2,1-2H3/b13-7+. The summed E-state index contributed by atoms with van der Waals surface area (Å²) in [6, 6.07) is 1.67. The van der Waals surface area contributed by atoms with Crippen LogP contribution in [0.3, 0.4) is 0 Å². The van der Waals surface area contributed by atoms with Crippen LogP contribution >= 0.6 is 0 Å². The predicted octanol–water partition coefficient (Wildman–Crippen LogP) is 0.614. The van der Waals surface area contributed by atoms with E-state index in [0.717, 1.165) is 0 Å². The second kappa shape index (κ2) is 5.44. The van der Waals surface area contributed by atoms with Crippen molar-refractivity contribution in [3.8, 4) is 6.07 Å². The third kappa shape index (κ3) is 2.48. The monoisotopic (exact) mass is 238 g/mol. The molecule has 0 aliphatic rings. The fourth-order valence-corrected chi connectivity index (χ4v) is 1.89. The number of hydrogen-bond donors (Lipinski definition) is 1. The topological polar surface area (TPSA) is 105 Å². The Kier molecular flexibility index (Phi) is 4.22. The zero-order valence-electron chi connectivity index (χ0n) is 8.84. The molecule has 84 valence electrons. The van der Waals surface area contributed by atoms with Gasteiger partial charge < -0.3 is 9.76 Å². The number of nitriles is 1. The minimum atomic E-state index is -1.25. The van der Waals surface area contributed by atoms with E-state index in [2.05, 4.69) is 15.1 Å². The van der Waals surface area contributed by atoms with Gasteiger partial charge in [0.2, 0.25) is 5.71 Å². The van der Waals surface area contributed by atoms with Crippen LogP contribution in [-0.4, -0.2) is 31.2 Å². The molecule has 1 heterocycles. The van der Waals surface area contributed by atoms with E-state index in [1.54, 1.807) is 19.9 Å². The molecular weight excluding hydrogens is 228 g/mol. The zero-order valence-corrected chi connectivity index (χ0v) is 9.65. The highest BCUT2D eigenvalue weighted by Crippen LogP contribution is 2.12. The van der Waals surface area contributed by atoms with Crippen LogP contribution in [0, 0.1) is 18.3 Å². The number of aryl methyl sites for hydroxylation is 1. The van der Waals surface area contributed by atoms with Crippen LogP contribution in [0.25, 0.3) is 0 Å². The van der Waals surface area contributed by atoms with Crippen LogP contribution in [0.4, 0.5) is 0 Å². The van der Waals surface area contributed by atoms with E-state index >= 15 is 0 Å². The van der Waals surface area contributed by atoms with Crippen molar-refractivity contribution in [3.05, 3.63) is 17.6 Å². The summed E-state index contributed by atoms with van der Waals surface area (Å²) in [7, 11) is 0. The smallest absolute Gasteiger partial charge is 0.266 e. The van der Waals surface area contributed by atoms with Crippen molar-refractivity contribution in [2.45, 2.75) is 18.9 Å². The lowest BCUT2D eigenvalue weighted by Crippen LogP contribution is -2.13. The van der Waals surface area contributed by atoms with Crippen molar-refractivity contribution < 1.29 is 9.76 Å². The fourth-order valence-electron chi connectivity index (χ4n) is 1.03. The van der Waals surface area contributed by atoms with Crippen LogP contribution in [0.5, 0.6) is 0 Å². The van der Waals surface area contributed by atoms with Crippen LogP contribution < -0.4 is 0 Å². The minimum absolute atomic E-state index is 0.118. The van der Waals surface area contributed by atoms with Crippen LogP contribution in [0.1, 0.15) is 18.3 Å². The van der Waals surface area contributed by atoms with Crippen LogP contribution in [0.2, 0.25) is 0 Å². The second-order valence-corrected chi connectivity index (χ2v) is 4.50. The highest BCUT2D eigenvalue weighted by molar-refractivity contribution is 7.91. The lowest BCUT2D eigenvalue weighted by molar-refractivity contribution is 0.320. The van der Waals surface area contributed by atoms with E-state index < -0.39 is 11.2 Å². The average Bonchev–Trinajstić information content (AvgIpc) is 2.31. The summed E-state index contributed by atoms with van der Waals surface area (Å²) >= 11 is -1.25. The summed E-state index contributed by atoms with van der Waals surface area (Å²) in [6.45, 7) is 3.44. The number of aromatic nitrogens is 2. The molecule has 1 rings (SSSR count). The Morgan fingerprint density at radius 2 is 2.44 bits per heavy atom. The fraction of sp³-hybridized carbons (Fsp3) is 0.333. The second-order valence-electron chi connectivity index (χ2n) is 2.84. The maximum absolute atomic E-state index is 11.6. The summed E-state index contributed by atoms with van der Waals surface area (Å²) in [5.74, 6) is 0.414. The van der Waals surface area contributed by atoms with E-state index in [9.17, 15) is 4.55 Å². The Labute approximate surface area is 95.8 Å². The van der Waals surface area contributed by atoms with Crippen molar-refractivity contribution in [2.24, 2.45) is 5.16 Å². The molecule has 16 heavy (non-hydrogen) atoms. The van der Waals surface area contributed by atoms with Gasteiger partial charge in [0.15, 0.2) is 0 Å². The number of nitrogens with zero attached hydrogens (tertiary/aromatic N) is 4. The minimum Gasteiger partial charge on any atom is -0.610 e. The summed E-state index contributed by atoms with van der Waals surface area (Å²) in [5, 5.41) is 20.3. The molecule has 1 unspecified atom stereocenters. The summed E-state index contributed by atoms with van der Waals surface area (Å²) in [4.78, 5) is 7.98. The van der Waals surface area contributed by atoms with Gasteiger partial charge in [0.05, 0.1) is 6.20 Å². The molecule has 0 radical (unpaired) electrons. The Morgan fingerprint density at radius 1 is 1.75 bits per heavy atom. The first kappa shape index (κ1) is 12.4. The SMILES string of the molecule is CC[S+]([O-])c1nc(/C(C#N)=N/O)cnc1C. The Hall–Kier alpha value is -1.65. The summed E-state index contributed by atoms with van der Waals surface area (Å²) in [6.07, 6.45) is 1.31. The quantitative estimate of drug-likeness (QED) is 0.359. The normalized spacial score (nSPS) is 13.2. The van der Waals surface area contributed by atoms with E-state index in [1.165, 1.54) is 6.20 Å². The first-order valence-electron chi connectivity index (χ1n) is 4.48. The van der Waals surface area contributed by atoms with Gasteiger partial charge in [0.1, 0.15) is 23.2 Å². The van der Waals surface area contributed by atoms with Gasteiger partial charge in [-0.2, -0.15) is 10.2 Å². The maximum atomic E-state index is 11.6. The first-order chi connectivity index (χ1) is 7.63.